The van der Waals surface area contributed by atoms with Crippen molar-refractivity contribution in [2.75, 3.05) is 17.6 Å². The zero-order valence-electron chi connectivity index (χ0n) is 10.2. The number of hydrogen-bond donors (Lipinski definition) is 2. The lowest BCUT2D eigenvalue weighted by molar-refractivity contribution is 0.841. The third-order valence-electron chi connectivity index (χ3n) is 2.71. The van der Waals surface area contributed by atoms with Crippen LogP contribution in [0.25, 0.3) is 10.2 Å². The van der Waals surface area contributed by atoms with Gasteiger partial charge in [-0.25, -0.2) is 15.0 Å². The molecule has 0 radical (unpaired) electrons. The normalized spacial score (nSPS) is 10.9. The van der Waals surface area contributed by atoms with E-state index in [1.54, 1.807) is 17.7 Å². The van der Waals surface area contributed by atoms with Crippen LogP contribution in [0.5, 0.6) is 0 Å². The molecule has 7 heteroatoms. The van der Waals surface area contributed by atoms with Crippen molar-refractivity contribution >= 4 is 43.8 Å². The molecule has 0 atom stereocenters. The minimum absolute atomic E-state index is 0.638. The Hall–Kier alpha value is -1.73. The SMILES string of the molecule is Nc1nc(CCCNc2ncnc3ccsc23)cs1. The van der Waals surface area contributed by atoms with E-state index in [0.717, 1.165) is 41.1 Å². The molecule has 3 aromatic rings. The Morgan fingerprint density at radius 2 is 2.21 bits per heavy atom. The molecule has 0 fully saturated rings. The third-order valence-corrected chi connectivity index (χ3v) is 4.35. The summed E-state index contributed by atoms with van der Waals surface area (Å²) >= 11 is 3.15. The number of thiazole rings is 1. The molecule has 0 aliphatic rings. The number of aromatic nitrogens is 3. The third kappa shape index (κ3) is 2.82. The van der Waals surface area contributed by atoms with E-state index in [2.05, 4.69) is 20.3 Å². The van der Waals surface area contributed by atoms with Crippen LogP contribution < -0.4 is 11.1 Å². The fraction of sp³-hybridized carbons (Fsp3) is 0.250. The Morgan fingerprint density at radius 3 is 3.05 bits per heavy atom. The highest BCUT2D eigenvalue weighted by Gasteiger charge is 2.04. The summed E-state index contributed by atoms with van der Waals surface area (Å²) in [6.07, 6.45) is 3.53. The molecule has 0 aliphatic heterocycles. The van der Waals surface area contributed by atoms with Crippen molar-refractivity contribution in [3.63, 3.8) is 0 Å². The van der Waals surface area contributed by atoms with Gasteiger partial charge in [-0.3, -0.25) is 0 Å². The summed E-state index contributed by atoms with van der Waals surface area (Å²) in [5.41, 5.74) is 7.66. The van der Waals surface area contributed by atoms with E-state index in [0.29, 0.717) is 5.13 Å². The van der Waals surface area contributed by atoms with Gasteiger partial charge in [0.1, 0.15) is 12.1 Å². The molecule has 3 heterocycles. The number of fused-ring (bicyclic) bond motifs is 1. The van der Waals surface area contributed by atoms with Gasteiger partial charge in [0.25, 0.3) is 0 Å². The zero-order valence-corrected chi connectivity index (χ0v) is 11.8. The lowest BCUT2D eigenvalue weighted by Crippen LogP contribution is -2.05. The largest absolute Gasteiger partial charge is 0.375 e. The maximum atomic E-state index is 5.60. The number of anilines is 2. The van der Waals surface area contributed by atoms with Crippen molar-refractivity contribution in [3.05, 3.63) is 28.8 Å². The summed E-state index contributed by atoms with van der Waals surface area (Å²) in [7, 11) is 0. The van der Waals surface area contributed by atoms with E-state index in [4.69, 9.17) is 5.73 Å². The first kappa shape index (κ1) is 12.3. The van der Waals surface area contributed by atoms with Gasteiger partial charge in [0.05, 0.1) is 15.9 Å². The molecule has 98 valence electrons. The van der Waals surface area contributed by atoms with E-state index in [-0.39, 0.29) is 0 Å². The molecular weight excluding hydrogens is 278 g/mol. The highest BCUT2D eigenvalue weighted by Crippen LogP contribution is 2.24. The monoisotopic (exact) mass is 291 g/mol. The van der Waals surface area contributed by atoms with Crippen LogP contribution in [0.4, 0.5) is 10.9 Å². The van der Waals surface area contributed by atoms with Crippen LogP contribution in [0.3, 0.4) is 0 Å². The highest BCUT2D eigenvalue weighted by molar-refractivity contribution is 7.17. The molecule has 3 rings (SSSR count). The summed E-state index contributed by atoms with van der Waals surface area (Å²) in [6.45, 7) is 0.863. The number of nitrogens with one attached hydrogen (secondary N) is 1. The first-order valence-corrected chi connectivity index (χ1v) is 7.71. The van der Waals surface area contributed by atoms with E-state index >= 15 is 0 Å². The van der Waals surface area contributed by atoms with Gasteiger partial charge in [-0.15, -0.1) is 22.7 Å². The van der Waals surface area contributed by atoms with Crippen LogP contribution in [0.15, 0.2) is 23.2 Å². The van der Waals surface area contributed by atoms with Crippen LogP contribution >= 0.6 is 22.7 Å². The molecule has 0 bridgehead atoms. The molecule has 0 unspecified atom stereocenters. The number of rotatable bonds is 5. The van der Waals surface area contributed by atoms with E-state index in [1.165, 1.54) is 11.3 Å². The van der Waals surface area contributed by atoms with Gasteiger partial charge in [-0.2, -0.15) is 0 Å². The van der Waals surface area contributed by atoms with Gasteiger partial charge in [0, 0.05) is 11.9 Å². The second-order valence-electron chi connectivity index (χ2n) is 4.06. The van der Waals surface area contributed by atoms with Gasteiger partial charge in [-0.1, -0.05) is 0 Å². The quantitative estimate of drug-likeness (QED) is 0.707. The number of thiophene rings is 1. The number of nitrogens with two attached hydrogens (primary N) is 1. The van der Waals surface area contributed by atoms with E-state index in [1.807, 2.05) is 16.8 Å². The van der Waals surface area contributed by atoms with Crippen molar-refractivity contribution in [2.24, 2.45) is 0 Å². The maximum absolute atomic E-state index is 5.60. The van der Waals surface area contributed by atoms with Gasteiger partial charge >= 0.3 is 0 Å². The topological polar surface area (TPSA) is 76.7 Å². The van der Waals surface area contributed by atoms with Crippen LogP contribution in [-0.2, 0) is 6.42 Å². The molecule has 0 amide bonds. The fourth-order valence-corrected chi connectivity index (χ4v) is 3.24. The molecule has 0 aromatic carbocycles. The fourth-order valence-electron chi connectivity index (χ4n) is 1.83. The Balaban J connectivity index is 1.56. The molecule has 5 nitrogen and oxygen atoms in total. The lowest BCUT2D eigenvalue weighted by Gasteiger charge is -2.05. The van der Waals surface area contributed by atoms with Crippen LogP contribution in [0.2, 0.25) is 0 Å². The Labute approximate surface area is 118 Å². The number of nitrogen functional groups attached to an aromatic ring is 1. The van der Waals surface area contributed by atoms with Crippen molar-refractivity contribution < 1.29 is 0 Å². The highest BCUT2D eigenvalue weighted by atomic mass is 32.1. The summed E-state index contributed by atoms with van der Waals surface area (Å²) in [4.78, 5) is 12.7. The summed E-state index contributed by atoms with van der Waals surface area (Å²) in [5.74, 6) is 0.915. The average Bonchev–Trinajstić information content (AvgIpc) is 3.03. The second kappa shape index (κ2) is 5.50. The van der Waals surface area contributed by atoms with Crippen molar-refractivity contribution in [1.29, 1.82) is 0 Å². The zero-order chi connectivity index (χ0) is 13.1. The van der Waals surface area contributed by atoms with Crippen LogP contribution in [-0.4, -0.2) is 21.5 Å². The Bertz CT molecular complexity index is 675. The molecular formula is C12H13N5S2. The Morgan fingerprint density at radius 1 is 1.26 bits per heavy atom. The van der Waals surface area contributed by atoms with Crippen molar-refractivity contribution in [1.82, 2.24) is 15.0 Å². The Kier molecular flexibility index (Phi) is 3.56. The molecule has 3 aromatic heterocycles. The van der Waals surface area contributed by atoms with Gasteiger partial charge < -0.3 is 11.1 Å². The predicted octanol–water partition coefficient (Wildman–Crippen LogP) is 2.77. The molecule has 0 aliphatic carbocycles. The van der Waals surface area contributed by atoms with E-state index in [9.17, 15) is 0 Å². The molecule has 0 spiro atoms. The summed E-state index contributed by atoms with van der Waals surface area (Å²) in [5, 5.41) is 8.03. The molecule has 3 N–H and O–H groups in total. The predicted molar refractivity (Wildman–Crippen MR) is 80.8 cm³/mol. The molecule has 0 saturated carbocycles. The number of hydrogen-bond acceptors (Lipinski definition) is 7. The van der Waals surface area contributed by atoms with Crippen molar-refractivity contribution in [2.45, 2.75) is 12.8 Å². The minimum atomic E-state index is 0.638. The first-order valence-electron chi connectivity index (χ1n) is 5.95. The smallest absolute Gasteiger partial charge is 0.180 e. The van der Waals surface area contributed by atoms with Crippen LogP contribution in [0.1, 0.15) is 12.1 Å². The number of nitrogens with zero attached hydrogens (tertiary/aromatic N) is 3. The summed E-state index contributed by atoms with van der Waals surface area (Å²) < 4.78 is 1.11. The maximum Gasteiger partial charge on any atom is 0.180 e. The average molecular weight is 291 g/mol. The standard InChI is InChI=1S/C12H13N5S2/c13-12-17-8(6-19-12)2-1-4-14-11-10-9(3-5-18-10)15-7-16-11/h3,5-7H,1-2,4H2,(H2,13,17)(H,14,15,16). The van der Waals surface area contributed by atoms with E-state index < -0.39 is 0 Å². The minimum Gasteiger partial charge on any atom is -0.375 e. The number of aryl methyl sites for hydroxylation is 1. The van der Waals surface area contributed by atoms with Crippen LogP contribution in [0, 0.1) is 0 Å². The van der Waals surface area contributed by atoms with Gasteiger partial charge in [0.15, 0.2) is 5.13 Å². The summed E-state index contributed by atoms with van der Waals surface area (Å²) in [6, 6.07) is 2.00. The van der Waals surface area contributed by atoms with Gasteiger partial charge in [-0.05, 0) is 24.3 Å². The first-order chi connectivity index (χ1) is 9.33. The molecule has 19 heavy (non-hydrogen) atoms. The lowest BCUT2D eigenvalue weighted by atomic mass is 10.2. The molecule has 0 saturated heterocycles. The second-order valence-corrected chi connectivity index (χ2v) is 5.87. The van der Waals surface area contributed by atoms with Gasteiger partial charge in [0.2, 0.25) is 0 Å². The van der Waals surface area contributed by atoms with Crippen molar-refractivity contribution in [3.8, 4) is 0 Å².